The van der Waals surface area contributed by atoms with E-state index in [1.807, 2.05) is 19.9 Å². The molecule has 3 aromatic rings. The summed E-state index contributed by atoms with van der Waals surface area (Å²) in [6.07, 6.45) is 3.13. The highest BCUT2D eigenvalue weighted by Crippen LogP contribution is 2.35. The smallest absolute Gasteiger partial charge is 0.271 e. The summed E-state index contributed by atoms with van der Waals surface area (Å²) in [4.78, 5) is 23.1. The highest BCUT2D eigenvalue weighted by molar-refractivity contribution is 14.1. The van der Waals surface area contributed by atoms with Gasteiger partial charge in [-0.05, 0) is 90.0 Å². The minimum absolute atomic E-state index is 0.0170. The van der Waals surface area contributed by atoms with E-state index in [4.69, 9.17) is 18.9 Å². The molecule has 3 aromatic carbocycles. The summed E-state index contributed by atoms with van der Waals surface area (Å²) in [7, 11) is 0. The van der Waals surface area contributed by atoms with Gasteiger partial charge in [0.2, 0.25) is 0 Å². The number of nitrogens with zero attached hydrogens (tertiary/aromatic N) is 2. The number of hydrazone groups is 1. The Labute approximate surface area is 239 Å². The second kappa shape index (κ2) is 14.7. The Balaban J connectivity index is 1.70. The van der Waals surface area contributed by atoms with E-state index >= 15 is 0 Å². The zero-order valence-electron chi connectivity index (χ0n) is 21.5. The highest BCUT2D eigenvalue weighted by atomic mass is 127. The number of benzene rings is 3. The molecule has 0 aliphatic heterocycles. The molecule has 0 atom stereocenters. The molecule has 0 aliphatic rings. The summed E-state index contributed by atoms with van der Waals surface area (Å²) < 4.78 is 23.7. The van der Waals surface area contributed by atoms with Gasteiger partial charge < -0.3 is 18.9 Å². The molecule has 204 valence electrons. The van der Waals surface area contributed by atoms with Crippen LogP contribution in [0.15, 0.2) is 72.4 Å². The maximum Gasteiger partial charge on any atom is 0.271 e. The van der Waals surface area contributed by atoms with E-state index in [0.29, 0.717) is 53.9 Å². The lowest BCUT2D eigenvalue weighted by Crippen LogP contribution is -2.17. The second-order valence-corrected chi connectivity index (χ2v) is 9.03. The van der Waals surface area contributed by atoms with Crippen LogP contribution in [-0.4, -0.2) is 36.9 Å². The van der Waals surface area contributed by atoms with Crippen LogP contribution >= 0.6 is 22.6 Å². The van der Waals surface area contributed by atoms with Crippen molar-refractivity contribution in [2.75, 3.05) is 19.8 Å². The number of ether oxygens (including phenoxy) is 4. The van der Waals surface area contributed by atoms with Gasteiger partial charge >= 0.3 is 0 Å². The Bertz CT molecular complexity index is 1340. The van der Waals surface area contributed by atoms with E-state index in [1.54, 1.807) is 42.5 Å². The van der Waals surface area contributed by atoms with Crippen LogP contribution in [0.2, 0.25) is 0 Å². The molecular weight excluding hydrogens is 617 g/mol. The summed E-state index contributed by atoms with van der Waals surface area (Å²) >= 11 is 2.13. The van der Waals surface area contributed by atoms with Gasteiger partial charge in [-0.15, -0.1) is 0 Å². The number of nitro benzene ring substituents is 1. The first-order chi connectivity index (χ1) is 18.9. The van der Waals surface area contributed by atoms with Crippen molar-refractivity contribution in [1.82, 2.24) is 5.43 Å². The molecule has 0 fully saturated rings. The summed E-state index contributed by atoms with van der Waals surface area (Å²) in [5.41, 5.74) is 4.37. The van der Waals surface area contributed by atoms with E-state index in [0.717, 1.165) is 9.13 Å². The number of hydrogen-bond donors (Lipinski definition) is 1. The topological polar surface area (TPSA) is 122 Å². The first kappa shape index (κ1) is 29.4. The van der Waals surface area contributed by atoms with Crippen LogP contribution < -0.4 is 24.4 Å². The van der Waals surface area contributed by atoms with Gasteiger partial charge in [0, 0.05) is 17.7 Å². The van der Waals surface area contributed by atoms with Crippen molar-refractivity contribution in [3.63, 3.8) is 0 Å². The van der Waals surface area contributed by atoms with Crippen LogP contribution in [0.3, 0.4) is 0 Å². The van der Waals surface area contributed by atoms with Crippen LogP contribution in [0.1, 0.15) is 35.3 Å². The molecule has 1 N–H and O–H groups in total. The van der Waals surface area contributed by atoms with Crippen molar-refractivity contribution in [3.05, 3.63) is 97.6 Å². The third-order valence-electron chi connectivity index (χ3n) is 5.10. The van der Waals surface area contributed by atoms with Crippen molar-refractivity contribution in [3.8, 4) is 23.0 Å². The number of carbonyl (C=O) groups excluding carboxylic acids is 1. The fraction of sp³-hybridized carbons (Fsp3) is 0.214. The van der Waals surface area contributed by atoms with Gasteiger partial charge in [0.05, 0.1) is 27.9 Å². The minimum atomic E-state index is -0.447. The van der Waals surface area contributed by atoms with Crippen LogP contribution in [-0.2, 0) is 6.61 Å². The van der Waals surface area contributed by atoms with Crippen molar-refractivity contribution >= 4 is 40.4 Å². The van der Waals surface area contributed by atoms with Gasteiger partial charge in [-0.2, -0.15) is 5.10 Å². The van der Waals surface area contributed by atoms with Gasteiger partial charge in [-0.25, -0.2) is 5.43 Å². The molecule has 0 saturated heterocycles. The minimum Gasteiger partial charge on any atom is -0.490 e. The Morgan fingerprint density at radius 1 is 1.00 bits per heavy atom. The largest absolute Gasteiger partial charge is 0.490 e. The summed E-state index contributed by atoms with van der Waals surface area (Å²) in [5, 5.41) is 15.0. The molecule has 0 spiro atoms. The predicted octanol–water partition coefficient (Wildman–Crippen LogP) is 5.90. The summed E-state index contributed by atoms with van der Waals surface area (Å²) in [6.45, 7) is 8.69. The Morgan fingerprint density at radius 3 is 2.38 bits per heavy atom. The fourth-order valence-corrected chi connectivity index (χ4v) is 4.13. The van der Waals surface area contributed by atoms with Crippen LogP contribution in [0, 0.1) is 13.7 Å². The monoisotopic (exact) mass is 645 g/mol. The number of nitrogens with one attached hydrogen (secondary N) is 1. The maximum atomic E-state index is 12.7. The quantitative estimate of drug-likeness (QED) is 0.0762. The molecule has 39 heavy (non-hydrogen) atoms. The maximum absolute atomic E-state index is 12.7. The number of hydrogen-bond acceptors (Lipinski definition) is 8. The predicted molar refractivity (Wildman–Crippen MR) is 156 cm³/mol. The van der Waals surface area contributed by atoms with Gasteiger partial charge in [0.1, 0.15) is 13.2 Å². The zero-order chi connectivity index (χ0) is 28.2. The van der Waals surface area contributed by atoms with Crippen LogP contribution in [0.4, 0.5) is 5.69 Å². The van der Waals surface area contributed by atoms with E-state index in [1.165, 1.54) is 18.3 Å². The standard InChI is InChI=1S/C28H28IN3O7/c1-4-13-38-24-12-9-21(16-25(24)36-5-2)28(33)31-30-17-20-14-23(29)27(26(15-20)37-6-3)39-18-19-7-10-22(11-8-19)32(34)35/h4,7-12,14-17H,1,5-6,13,18H2,2-3H3,(H,31,33)/b30-17+. The van der Waals surface area contributed by atoms with Gasteiger partial charge in [0.15, 0.2) is 23.0 Å². The number of halogens is 1. The van der Waals surface area contributed by atoms with E-state index in [-0.39, 0.29) is 12.3 Å². The number of nitro groups is 1. The SMILES string of the molecule is C=CCOc1ccc(C(=O)N/N=C/c2cc(I)c(OCc3ccc([N+](=O)[O-])cc3)c(OCC)c2)cc1OCC. The van der Waals surface area contributed by atoms with Gasteiger partial charge in [-0.1, -0.05) is 12.7 Å². The van der Waals surface area contributed by atoms with Gasteiger partial charge in [-0.3, -0.25) is 14.9 Å². The third-order valence-corrected chi connectivity index (χ3v) is 5.91. The van der Waals surface area contributed by atoms with Crippen LogP contribution in [0.5, 0.6) is 23.0 Å². The molecule has 0 saturated carbocycles. The first-order valence-electron chi connectivity index (χ1n) is 12.0. The summed E-state index contributed by atoms with van der Waals surface area (Å²) in [6, 6.07) is 14.6. The second-order valence-electron chi connectivity index (χ2n) is 7.87. The fourth-order valence-electron chi connectivity index (χ4n) is 3.35. The Kier molecular flexibility index (Phi) is 11.1. The average Bonchev–Trinajstić information content (AvgIpc) is 2.92. The van der Waals surface area contributed by atoms with Crippen molar-refractivity contribution in [1.29, 1.82) is 0 Å². The number of rotatable bonds is 14. The lowest BCUT2D eigenvalue weighted by Gasteiger charge is -2.15. The van der Waals surface area contributed by atoms with Crippen molar-refractivity contribution in [2.45, 2.75) is 20.5 Å². The molecule has 0 aromatic heterocycles. The number of non-ortho nitro benzene ring substituents is 1. The molecule has 0 unspecified atom stereocenters. The molecule has 0 radical (unpaired) electrons. The van der Waals surface area contributed by atoms with E-state index in [2.05, 4.69) is 39.7 Å². The number of carbonyl (C=O) groups is 1. The van der Waals surface area contributed by atoms with E-state index < -0.39 is 10.8 Å². The lowest BCUT2D eigenvalue weighted by molar-refractivity contribution is -0.384. The van der Waals surface area contributed by atoms with Crippen LogP contribution in [0.25, 0.3) is 0 Å². The molecule has 0 heterocycles. The molecule has 3 rings (SSSR count). The normalized spacial score (nSPS) is 10.6. The molecule has 10 nitrogen and oxygen atoms in total. The van der Waals surface area contributed by atoms with Gasteiger partial charge in [0.25, 0.3) is 11.6 Å². The van der Waals surface area contributed by atoms with Crippen molar-refractivity contribution < 1.29 is 28.7 Å². The summed E-state index contributed by atoms with van der Waals surface area (Å²) in [5.74, 6) is 1.61. The molecule has 0 aliphatic carbocycles. The first-order valence-corrected chi connectivity index (χ1v) is 13.1. The Hall–Kier alpha value is -4.13. The molecule has 0 bridgehead atoms. The Morgan fingerprint density at radius 2 is 1.72 bits per heavy atom. The molecular formula is C28H28IN3O7. The zero-order valence-corrected chi connectivity index (χ0v) is 23.7. The van der Waals surface area contributed by atoms with Crippen molar-refractivity contribution in [2.24, 2.45) is 5.10 Å². The lowest BCUT2D eigenvalue weighted by atomic mass is 10.2. The third kappa shape index (κ3) is 8.43. The molecule has 1 amide bonds. The average molecular weight is 645 g/mol. The molecule has 11 heteroatoms. The van der Waals surface area contributed by atoms with E-state index in [9.17, 15) is 14.9 Å². The highest BCUT2D eigenvalue weighted by Gasteiger charge is 2.14. The number of amides is 1.